The second-order valence-corrected chi connectivity index (χ2v) is 5.53. The molecule has 0 spiro atoms. The van der Waals surface area contributed by atoms with E-state index >= 15 is 0 Å². The van der Waals surface area contributed by atoms with Crippen molar-refractivity contribution in [3.63, 3.8) is 0 Å². The smallest absolute Gasteiger partial charge is 0.119 e. The van der Waals surface area contributed by atoms with Crippen LogP contribution >= 0.6 is 11.3 Å². The molecule has 0 atom stereocenters. The fraction of sp³-hybridized carbons (Fsp3) is 0.267. The number of benzene rings is 1. The Bertz CT molecular complexity index is 519. The predicted octanol–water partition coefficient (Wildman–Crippen LogP) is 3.31. The topological polar surface area (TPSA) is 34.1 Å². The maximum atomic E-state index is 5.44. The summed E-state index contributed by atoms with van der Waals surface area (Å²) in [4.78, 5) is 5.57. The van der Waals surface area contributed by atoms with E-state index in [1.165, 1.54) is 10.4 Å². The molecule has 3 nitrogen and oxygen atoms in total. The highest BCUT2D eigenvalue weighted by Gasteiger charge is 1.99. The van der Waals surface area contributed by atoms with Crippen LogP contribution in [0, 0.1) is 6.92 Å². The minimum Gasteiger partial charge on any atom is -0.490 e. The van der Waals surface area contributed by atoms with Gasteiger partial charge in [0.15, 0.2) is 0 Å². The minimum atomic E-state index is 0.543. The maximum absolute atomic E-state index is 5.44. The lowest BCUT2D eigenvalue weighted by atomic mass is 10.2. The molecule has 0 aliphatic rings. The Labute approximate surface area is 118 Å². The molecule has 0 unspecified atom stereocenters. The largest absolute Gasteiger partial charge is 0.490 e. The molecule has 0 aliphatic carbocycles. The quantitative estimate of drug-likeness (QED) is 0.787. The van der Waals surface area contributed by atoms with Crippen molar-refractivity contribution in [2.24, 2.45) is 0 Å². The lowest BCUT2D eigenvalue weighted by Crippen LogP contribution is -2.12. The normalized spacial score (nSPS) is 10.4. The van der Waals surface area contributed by atoms with Crippen LogP contribution in [0.5, 0.6) is 5.75 Å². The number of rotatable bonds is 7. The molecule has 1 N–H and O–H groups in total. The van der Waals surface area contributed by atoms with E-state index in [2.05, 4.69) is 35.9 Å². The Kier molecular flexibility index (Phi) is 5.12. The SMILES string of the molecule is C=CCOc1ccc(CNCc2ncc(C)s2)cc1. The number of aromatic nitrogens is 1. The van der Waals surface area contributed by atoms with Crippen molar-refractivity contribution >= 4 is 11.3 Å². The van der Waals surface area contributed by atoms with Gasteiger partial charge >= 0.3 is 0 Å². The van der Waals surface area contributed by atoms with Crippen LogP contribution in [-0.4, -0.2) is 11.6 Å². The third-order valence-electron chi connectivity index (χ3n) is 2.57. The molecule has 2 rings (SSSR count). The molecule has 1 aromatic carbocycles. The summed E-state index contributed by atoms with van der Waals surface area (Å²) in [5.74, 6) is 0.874. The van der Waals surface area contributed by atoms with Gasteiger partial charge in [0.1, 0.15) is 17.4 Å². The van der Waals surface area contributed by atoms with Crippen molar-refractivity contribution in [1.82, 2.24) is 10.3 Å². The zero-order chi connectivity index (χ0) is 13.5. The fourth-order valence-corrected chi connectivity index (χ4v) is 2.41. The average Bonchev–Trinajstić information content (AvgIpc) is 2.84. The van der Waals surface area contributed by atoms with Crippen molar-refractivity contribution in [2.45, 2.75) is 20.0 Å². The van der Waals surface area contributed by atoms with Gasteiger partial charge < -0.3 is 10.1 Å². The summed E-state index contributed by atoms with van der Waals surface area (Å²) in [5.41, 5.74) is 1.24. The van der Waals surface area contributed by atoms with E-state index in [1.807, 2.05) is 18.3 Å². The van der Waals surface area contributed by atoms with Gasteiger partial charge in [0.05, 0.1) is 0 Å². The summed E-state index contributed by atoms with van der Waals surface area (Å²) >= 11 is 1.73. The van der Waals surface area contributed by atoms with Crippen molar-refractivity contribution < 1.29 is 4.74 Å². The third-order valence-corrected chi connectivity index (χ3v) is 3.48. The summed E-state index contributed by atoms with van der Waals surface area (Å²) in [6.07, 6.45) is 3.65. The van der Waals surface area contributed by atoms with Gasteiger partial charge in [-0.1, -0.05) is 24.8 Å². The summed E-state index contributed by atoms with van der Waals surface area (Å²) in [6, 6.07) is 8.10. The van der Waals surface area contributed by atoms with Crippen LogP contribution in [0.2, 0.25) is 0 Å². The van der Waals surface area contributed by atoms with Gasteiger partial charge in [-0.25, -0.2) is 4.98 Å². The number of hydrogen-bond acceptors (Lipinski definition) is 4. The molecule has 2 aromatic rings. The Balaban J connectivity index is 1.78. The second-order valence-electron chi connectivity index (χ2n) is 4.21. The molecule has 100 valence electrons. The van der Waals surface area contributed by atoms with E-state index in [0.29, 0.717) is 6.61 Å². The number of nitrogens with zero attached hydrogens (tertiary/aromatic N) is 1. The standard InChI is InChI=1S/C15H18N2OS/c1-3-8-18-14-6-4-13(5-7-14)10-16-11-15-17-9-12(2)19-15/h3-7,9,16H,1,8,10-11H2,2H3. The van der Waals surface area contributed by atoms with Crippen molar-refractivity contribution in [2.75, 3.05) is 6.61 Å². The summed E-state index contributed by atoms with van der Waals surface area (Å²) in [5, 5.41) is 4.51. The first-order valence-corrected chi connectivity index (χ1v) is 7.04. The molecular weight excluding hydrogens is 256 g/mol. The Morgan fingerprint density at radius 3 is 2.74 bits per heavy atom. The van der Waals surface area contributed by atoms with Crippen molar-refractivity contribution in [1.29, 1.82) is 0 Å². The summed E-state index contributed by atoms with van der Waals surface area (Å²) < 4.78 is 5.44. The van der Waals surface area contributed by atoms with E-state index in [9.17, 15) is 0 Å². The molecule has 19 heavy (non-hydrogen) atoms. The van der Waals surface area contributed by atoms with E-state index in [4.69, 9.17) is 4.74 Å². The molecule has 4 heteroatoms. The molecule has 0 aliphatic heterocycles. The van der Waals surface area contributed by atoms with Gasteiger partial charge in [-0.2, -0.15) is 0 Å². The molecule has 0 saturated carbocycles. The van der Waals surface area contributed by atoms with Gasteiger partial charge in [-0.05, 0) is 24.6 Å². The zero-order valence-electron chi connectivity index (χ0n) is 11.1. The Hall–Kier alpha value is -1.65. The monoisotopic (exact) mass is 274 g/mol. The van der Waals surface area contributed by atoms with Gasteiger partial charge in [-0.3, -0.25) is 0 Å². The number of nitrogens with one attached hydrogen (secondary N) is 1. The second kappa shape index (κ2) is 7.07. The van der Waals surface area contributed by atoms with Crippen LogP contribution in [0.4, 0.5) is 0 Å². The molecule has 0 saturated heterocycles. The van der Waals surface area contributed by atoms with Crippen molar-refractivity contribution in [3.05, 3.63) is 58.6 Å². The average molecular weight is 274 g/mol. The van der Waals surface area contributed by atoms with E-state index in [0.717, 1.165) is 23.8 Å². The highest BCUT2D eigenvalue weighted by atomic mass is 32.1. The zero-order valence-corrected chi connectivity index (χ0v) is 11.9. The van der Waals surface area contributed by atoms with E-state index in [-0.39, 0.29) is 0 Å². The molecule has 1 aromatic heterocycles. The van der Waals surface area contributed by atoms with Gasteiger partial charge in [0.2, 0.25) is 0 Å². The number of hydrogen-bond donors (Lipinski definition) is 1. The molecule has 0 radical (unpaired) electrons. The van der Waals surface area contributed by atoms with Crippen LogP contribution in [0.3, 0.4) is 0 Å². The summed E-state index contributed by atoms with van der Waals surface area (Å²) in [7, 11) is 0. The van der Waals surface area contributed by atoms with Crippen LogP contribution in [0.25, 0.3) is 0 Å². The van der Waals surface area contributed by atoms with Gasteiger partial charge in [0, 0.05) is 24.2 Å². The maximum Gasteiger partial charge on any atom is 0.119 e. The molecule has 0 fully saturated rings. The lowest BCUT2D eigenvalue weighted by Gasteiger charge is -2.06. The van der Waals surface area contributed by atoms with Crippen LogP contribution in [0.1, 0.15) is 15.4 Å². The Morgan fingerprint density at radius 1 is 1.32 bits per heavy atom. The number of ether oxygens (including phenoxy) is 1. The van der Waals surface area contributed by atoms with E-state index in [1.54, 1.807) is 17.4 Å². The van der Waals surface area contributed by atoms with Gasteiger partial charge in [0.25, 0.3) is 0 Å². The number of aryl methyl sites for hydroxylation is 1. The first-order valence-electron chi connectivity index (χ1n) is 6.22. The minimum absolute atomic E-state index is 0.543. The third kappa shape index (κ3) is 4.50. The van der Waals surface area contributed by atoms with Gasteiger partial charge in [-0.15, -0.1) is 11.3 Å². The Morgan fingerprint density at radius 2 is 2.11 bits per heavy atom. The van der Waals surface area contributed by atoms with Crippen LogP contribution in [0.15, 0.2) is 43.1 Å². The molecular formula is C15H18N2OS. The van der Waals surface area contributed by atoms with Crippen LogP contribution in [-0.2, 0) is 13.1 Å². The first-order chi connectivity index (χ1) is 9.28. The number of thiazole rings is 1. The predicted molar refractivity (Wildman–Crippen MR) is 79.5 cm³/mol. The van der Waals surface area contributed by atoms with Crippen LogP contribution < -0.4 is 10.1 Å². The van der Waals surface area contributed by atoms with E-state index < -0.39 is 0 Å². The molecule has 0 amide bonds. The lowest BCUT2D eigenvalue weighted by molar-refractivity contribution is 0.363. The van der Waals surface area contributed by atoms with Crippen molar-refractivity contribution in [3.8, 4) is 5.75 Å². The molecule has 0 bridgehead atoms. The highest BCUT2D eigenvalue weighted by molar-refractivity contribution is 7.11. The summed E-state index contributed by atoms with van der Waals surface area (Å²) in [6.45, 7) is 7.89. The highest BCUT2D eigenvalue weighted by Crippen LogP contribution is 2.13. The molecule has 1 heterocycles. The fourth-order valence-electron chi connectivity index (χ4n) is 1.66. The first kappa shape index (κ1) is 13.8.